The average molecular weight is 480 g/mol. The zero-order chi connectivity index (χ0) is 24.0. The van der Waals surface area contributed by atoms with Gasteiger partial charge in [-0.1, -0.05) is 17.7 Å². The summed E-state index contributed by atoms with van der Waals surface area (Å²) in [5, 5.41) is 4.47. The van der Waals surface area contributed by atoms with Crippen molar-refractivity contribution in [2.24, 2.45) is 0 Å². The molecule has 8 nitrogen and oxygen atoms in total. The largest absolute Gasteiger partial charge is 0.457 e. The van der Waals surface area contributed by atoms with E-state index in [-0.39, 0.29) is 16.6 Å². The third-order valence-electron chi connectivity index (χ3n) is 4.12. The van der Waals surface area contributed by atoms with Gasteiger partial charge in [0, 0.05) is 30.4 Å². The van der Waals surface area contributed by atoms with Gasteiger partial charge in [-0.25, -0.2) is 4.79 Å². The first-order valence-corrected chi connectivity index (χ1v) is 9.69. The third-order valence-corrected chi connectivity index (χ3v) is 4.35. The van der Waals surface area contributed by atoms with Crippen LogP contribution in [-0.4, -0.2) is 24.0 Å². The van der Waals surface area contributed by atoms with Crippen molar-refractivity contribution in [2.75, 3.05) is 17.8 Å². The highest BCUT2D eigenvalue weighted by Gasteiger charge is 2.34. The Morgan fingerprint density at radius 1 is 1.03 bits per heavy atom. The number of alkyl halides is 3. The highest BCUT2D eigenvalue weighted by molar-refractivity contribution is 6.30. The van der Waals surface area contributed by atoms with Gasteiger partial charge in [0.2, 0.25) is 0 Å². The number of hydrogen-bond donors (Lipinski definition) is 4. The van der Waals surface area contributed by atoms with E-state index in [0.717, 1.165) is 12.1 Å². The normalized spacial score (nSPS) is 10.8. The predicted molar refractivity (Wildman–Crippen MR) is 116 cm³/mol. The van der Waals surface area contributed by atoms with E-state index in [1.54, 1.807) is 24.3 Å². The fourth-order valence-corrected chi connectivity index (χ4v) is 2.81. The Morgan fingerprint density at radius 2 is 1.79 bits per heavy atom. The Morgan fingerprint density at radius 3 is 2.52 bits per heavy atom. The van der Waals surface area contributed by atoms with E-state index in [1.165, 1.54) is 31.4 Å². The van der Waals surface area contributed by atoms with Gasteiger partial charge < -0.3 is 15.4 Å². The Labute approximate surface area is 191 Å². The van der Waals surface area contributed by atoms with E-state index in [1.807, 2.05) is 0 Å². The first-order chi connectivity index (χ1) is 15.7. The number of hydrogen-bond acceptors (Lipinski definition) is 5. The van der Waals surface area contributed by atoms with Crippen molar-refractivity contribution in [3.63, 3.8) is 0 Å². The van der Waals surface area contributed by atoms with Crippen molar-refractivity contribution in [3.8, 4) is 11.5 Å². The maximum absolute atomic E-state index is 13.2. The minimum absolute atomic E-state index is 0.111. The number of nitrogens with zero attached hydrogens (tertiary/aromatic N) is 1. The summed E-state index contributed by atoms with van der Waals surface area (Å²) >= 11 is 5.63. The summed E-state index contributed by atoms with van der Waals surface area (Å²) in [6, 6.07) is 11.5. The molecule has 2 aromatic carbocycles. The molecule has 0 bridgehead atoms. The summed E-state index contributed by atoms with van der Waals surface area (Å²) in [7, 11) is 1.48. The van der Waals surface area contributed by atoms with Crippen LogP contribution in [-0.2, 0) is 6.18 Å². The van der Waals surface area contributed by atoms with Crippen molar-refractivity contribution in [1.82, 2.24) is 15.7 Å². The van der Waals surface area contributed by atoms with Gasteiger partial charge in [-0.15, -0.1) is 0 Å². The zero-order valence-electron chi connectivity index (χ0n) is 17.0. The predicted octanol–water partition coefficient (Wildman–Crippen LogP) is 5.05. The summed E-state index contributed by atoms with van der Waals surface area (Å²) in [4.78, 5) is 27.7. The van der Waals surface area contributed by atoms with Crippen LogP contribution in [0.25, 0.3) is 0 Å². The molecule has 0 aliphatic rings. The number of urea groups is 1. The number of pyridine rings is 1. The maximum atomic E-state index is 13.2. The van der Waals surface area contributed by atoms with Gasteiger partial charge in [0.15, 0.2) is 0 Å². The summed E-state index contributed by atoms with van der Waals surface area (Å²) < 4.78 is 45.2. The van der Waals surface area contributed by atoms with Gasteiger partial charge >= 0.3 is 12.2 Å². The van der Waals surface area contributed by atoms with Gasteiger partial charge in [0.1, 0.15) is 17.2 Å². The molecule has 0 atom stereocenters. The zero-order valence-corrected chi connectivity index (χ0v) is 17.7. The first-order valence-electron chi connectivity index (χ1n) is 9.31. The van der Waals surface area contributed by atoms with Gasteiger partial charge in [0.05, 0.1) is 16.9 Å². The molecule has 172 valence electrons. The fourth-order valence-electron chi connectivity index (χ4n) is 2.64. The highest BCUT2D eigenvalue weighted by atomic mass is 35.5. The van der Waals surface area contributed by atoms with Crippen LogP contribution in [0.1, 0.15) is 16.1 Å². The summed E-state index contributed by atoms with van der Waals surface area (Å²) in [6.07, 6.45) is -3.28. The van der Waals surface area contributed by atoms with E-state index in [2.05, 4.69) is 26.5 Å². The quantitative estimate of drug-likeness (QED) is 0.370. The third kappa shape index (κ3) is 6.50. The Kier molecular flexibility index (Phi) is 7.23. The number of nitrogens with one attached hydrogen (secondary N) is 4. The van der Waals surface area contributed by atoms with Crippen LogP contribution in [0.3, 0.4) is 0 Å². The number of halogens is 4. The number of benzene rings is 2. The Hall–Kier alpha value is -3.99. The molecule has 4 N–H and O–H groups in total. The molecule has 3 aromatic rings. The lowest BCUT2D eigenvalue weighted by Gasteiger charge is -2.15. The molecule has 3 amide bonds. The van der Waals surface area contributed by atoms with Crippen LogP contribution in [0.2, 0.25) is 5.02 Å². The number of aromatic nitrogens is 1. The lowest BCUT2D eigenvalue weighted by atomic mass is 10.1. The van der Waals surface area contributed by atoms with Crippen molar-refractivity contribution in [2.45, 2.75) is 6.18 Å². The van der Waals surface area contributed by atoms with E-state index < -0.39 is 23.5 Å². The van der Waals surface area contributed by atoms with Crippen LogP contribution in [0, 0.1) is 0 Å². The van der Waals surface area contributed by atoms with Crippen molar-refractivity contribution >= 4 is 34.9 Å². The minimum Gasteiger partial charge on any atom is -0.457 e. The van der Waals surface area contributed by atoms with Crippen molar-refractivity contribution in [3.05, 3.63) is 77.1 Å². The SMILES string of the molecule is CNC(=O)c1cc(Oc2cccc(NNC(=O)Nc3ccc(Cl)cc3C(F)(F)F)c2)ccn1. The first kappa shape index (κ1) is 23.7. The monoisotopic (exact) mass is 479 g/mol. The van der Waals surface area contributed by atoms with Gasteiger partial charge in [-0.05, 0) is 36.4 Å². The number of ether oxygens (including phenoxy) is 1. The number of anilines is 2. The molecule has 0 radical (unpaired) electrons. The molecule has 0 saturated heterocycles. The lowest BCUT2D eigenvalue weighted by molar-refractivity contribution is -0.136. The number of rotatable bonds is 6. The number of amides is 3. The van der Waals surface area contributed by atoms with Crippen LogP contribution in [0.15, 0.2) is 60.8 Å². The van der Waals surface area contributed by atoms with Gasteiger partial charge in [-0.2, -0.15) is 13.2 Å². The topological polar surface area (TPSA) is 104 Å². The number of carbonyl (C=O) groups is 2. The second-order valence-corrected chi connectivity index (χ2v) is 6.91. The molecule has 0 fully saturated rings. The molecule has 0 spiro atoms. The van der Waals surface area contributed by atoms with Crippen LogP contribution in [0.4, 0.5) is 29.3 Å². The Bertz CT molecular complexity index is 1170. The van der Waals surface area contributed by atoms with E-state index in [4.69, 9.17) is 16.3 Å². The Balaban J connectivity index is 1.64. The highest BCUT2D eigenvalue weighted by Crippen LogP contribution is 2.36. The van der Waals surface area contributed by atoms with Gasteiger partial charge in [0.25, 0.3) is 5.91 Å². The maximum Gasteiger partial charge on any atom is 0.418 e. The molecule has 12 heteroatoms. The van der Waals surface area contributed by atoms with E-state index >= 15 is 0 Å². The number of hydrazine groups is 1. The summed E-state index contributed by atoms with van der Waals surface area (Å²) in [6.45, 7) is 0. The fraction of sp³-hybridized carbons (Fsp3) is 0.0952. The summed E-state index contributed by atoms with van der Waals surface area (Å²) in [5.41, 5.74) is 3.85. The van der Waals surface area contributed by atoms with E-state index in [0.29, 0.717) is 17.2 Å². The standard InChI is InChI=1S/C21H17ClF3N5O3/c1-26-19(31)18-11-15(7-8-27-18)33-14-4-2-3-13(10-14)29-30-20(32)28-17-6-5-12(22)9-16(17)21(23,24)25/h2-11,29H,1H3,(H,26,31)(H2,28,30,32). The molecular formula is C21H17ClF3N5O3. The van der Waals surface area contributed by atoms with Gasteiger partial charge in [-0.3, -0.25) is 20.6 Å². The van der Waals surface area contributed by atoms with E-state index in [9.17, 15) is 22.8 Å². The van der Waals surface area contributed by atoms with Crippen LogP contribution in [0.5, 0.6) is 11.5 Å². The smallest absolute Gasteiger partial charge is 0.418 e. The van der Waals surface area contributed by atoms with Crippen LogP contribution >= 0.6 is 11.6 Å². The molecule has 0 aliphatic heterocycles. The molecule has 1 heterocycles. The average Bonchev–Trinajstić information content (AvgIpc) is 2.78. The second-order valence-electron chi connectivity index (χ2n) is 6.48. The minimum atomic E-state index is -4.70. The number of carbonyl (C=O) groups excluding carboxylic acids is 2. The lowest BCUT2D eigenvalue weighted by Crippen LogP contribution is -2.34. The van der Waals surface area contributed by atoms with Crippen molar-refractivity contribution < 1.29 is 27.5 Å². The second kappa shape index (κ2) is 10.1. The van der Waals surface area contributed by atoms with Crippen LogP contribution < -0.4 is 26.2 Å². The molecule has 1 aromatic heterocycles. The molecule has 0 aliphatic carbocycles. The molecule has 0 unspecified atom stereocenters. The molecule has 3 rings (SSSR count). The molecule has 33 heavy (non-hydrogen) atoms. The molecule has 0 saturated carbocycles. The summed E-state index contributed by atoms with van der Waals surface area (Å²) in [5.74, 6) is 0.350. The van der Waals surface area contributed by atoms with Crippen molar-refractivity contribution in [1.29, 1.82) is 0 Å². The molecular weight excluding hydrogens is 463 g/mol.